The third-order valence-electron chi connectivity index (χ3n) is 2.17. The first kappa shape index (κ1) is 13.6. The maximum absolute atomic E-state index is 11.9. The zero-order valence-corrected chi connectivity index (χ0v) is 10.8. The minimum atomic E-state index is -0.985. The summed E-state index contributed by atoms with van der Waals surface area (Å²) < 4.78 is 0. The number of aromatic nitrogens is 1. The number of thiazole rings is 1. The summed E-state index contributed by atoms with van der Waals surface area (Å²) in [5.74, 6) is -1.17. The van der Waals surface area contributed by atoms with Gasteiger partial charge in [-0.05, 0) is 13.3 Å². The van der Waals surface area contributed by atoms with Gasteiger partial charge >= 0.3 is 5.97 Å². The summed E-state index contributed by atoms with van der Waals surface area (Å²) in [4.78, 5) is 28.1. The molecule has 6 heteroatoms. The lowest BCUT2D eigenvalue weighted by Gasteiger charge is -2.19. The minimum Gasteiger partial charge on any atom is -0.480 e. The molecule has 0 saturated heterocycles. The molecule has 0 unspecified atom stereocenters. The van der Waals surface area contributed by atoms with Gasteiger partial charge in [-0.25, -0.2) is 4.98 Å². The number of aliphatic carboxylic acids is 1. The Bertz CT molecular complexity index is 403. The van der Waals surface area contributed by atoms with E-state index >= 15 is 0 Å². The van der Waals surface area contributed by atoms with Gasteiger partial charge in [0.1, 0.15) is 6.54 Å². The average Bonchev–Trinajstić information content (AvgIpc) is 2.62. The molecular weight excluding hydrogens is 240 g/mol. The highest BCUT2D eigenvalue weighted by Crippen LogP contribution is 2.09. The molecule has 0 spiro atoms. The third kappa shape index (κ3) is 4.52. The average molecular weight is 256 g/mol. The van der Waals surface area contributed by atoms with Gasteiger partial charge in [0.2, 0.25) is 5.91 Å². The molecular formula is C11H16N2O3S. The summed E-state index contributed by atoms with van der Waals surface area (Å²) in [6.07, 6.45) is 0.923. The SMILES string of the molecule is CCCN(CC(=O)O)C(=O)Cc1csc(C)n1. The molecule has 0 saturated carbocycles. The smallest absolute Gasteiger partial charge is 0.323 e. The normalized spacial score (nSPS) is 10.2. The van der Waals surface area contributed by atoms with Crippen molar-refractivity contribution in [1.29, 1.82) is 0 Å². The van der Waals surface area contributed by atoms with Gasteiger partial charge in [-0.1, -0.05) is 6.92 Å². The van der Waals surface area contributed by atoms with Gasteiger partial charge in [-0.3, -0.25) is 9.59 Å². The highest BCUT2D eigenvalue weighted by molar-refractivity contribution is 7.09. The lowest BCUT2D eigenvalue weighted by Crippen LogP contribution is -2.37. The number of hydrogen-bond acceptors (Lipinski definition) is 4. The second-order valence-electron chi connectivity index (χ2n) is 3.74. The van der Waals surface area contributed by atoms with Gasteiger partial charge in [-0.2, -0.15) is 0 Å². The topological polar surface area (TPSA) is 70.5 Å². The van der Waals surface area contributed by atoms with Crippen LogP contribution in [0, 0.1) is 6.92 Å². The second kappa shape index (κ2) is 6.34. The van der Waals surface area contributed by atoms with Crippen LogP contribution in [0.4, 0.5) is 0 Å². The Morgan fingerprint density at radius 2 is 2.24 bits per heavy atom. The first-order chi connectivity index (χ1) is 8.02. The molecule has 1 amide bonds. The molecule has 1 rings (SSSR count). The summed E-state index contributed by atoms with van der Waals surface area (Å²) in [5.41, 5.74) is 0.712. The van der Waals surface area contributed by atoms with E-state index in [9.17, 15) is 9.59 Å². The molecule has 1 heterocycles. The van der Waals surface area contributed by atoms with E-state index in [1.54, 1.807) is 0 Å². The first-order valence-electron chi connectivity index (χ1n) is 5.43. The first-order valence-corrected chi connectivity index (χ1v) is 6.31. The molecule has 0 bridgehead atoms. The van der Waals surface area contributed by atoms with Gasteiger partial charge in [0.05, 0.1) is 17.1 Å². The van der Waals surface area contributed by atoms with Crippen molar-refractivity contribution in [3.8, 4) is 0 Å². The van der Waals surface area contributed by atoms with E-state index in [1.807, 2.05) is 19.2 Å². The molecule has 0 aromatic carbocycles. The summed E-state index contributed by atoms with van der Waals surface area (Å²) in [7, 11) is 0. The molecule has 0 radical (unpaired) electrons. The fourth-order valence-electron chi connectivity index (χ4n) is 1.48. The second-order valence-corrected chi connectivity index (χ2v) is 4.81. The van der Waals surface area contributed by atoms with Gasteiger partial charge < -0.3 is 10.0 Å². The van der Waals surface area contributed by atoms with Crippen molar-refractivity contribution in [2.45, 2.75) is 26.7 Å². The van der Waals surface area contributed by atoms with Crippen LogP contribution in [0.15, 0.2) is 5.38 Å². The van der Waals surface area contributed by atoms with Crippen molar-refractivity contribution in [3.05, 3.63) is 16.1 Å². The van der Waals surface area contributed by atoms with Crippen LogP contribution in [0.25, 0.3) is 0 Å². The molecule has 17 heavy (non-hydrogen) atoms. The third-order valence-corrected chi connectivity index (χ3v) is 2.99. The Hall–Kier alpha value is -1.43. The van der Waals surface area contributed by atoms with Crippen LogP contribution in [0.2, 0.25) is 0 Å². The molecule has 5 nitrogen and oxygen atoms in total. The fourth-order valence-corrected chi connectivity index (χ4v) is 2.09. The number of aryl methyl sites for hydroxylation is 1. The van der Waals surface area contributed by atoms with E-state index in [0.29, 0.717) is 12.2 Å². The van der Waals surface area contributed by atoms with Crippen LogP contribution in [0.1, 0.15) is 24.0 Å². The van der Waals surface area contributed by atoms with Crippen molar-refractivity contribution in [1.82, 2.24) is 9.88 Å². The number of rotatable bonds is 6. The van der Waals surface area contributed by atoms with Crippen molar-refractivity contribution >= 4 is 23.2 Å². The summed E-state index contributed by atoms with van der Waals surface area (Å²) >= 11 is 1.49. The zero-order chi connectivity index (χ0) is 12.8. The Morgan fingerprint density at radius 3 is 2.71 bits per heavy atom. The molecule has 0 aliphatic rings. The molecule has 0 fully saturated rings. The van der Waals surface area contributed by atoms with Crippen molar-refractivity contribution < 1.29 is 14.7 Å². The van der Waals surface area contributed by atoms with Crippen LogP contribution in [-0.2, 0) is 16.0 Å². The maximum Gasteiger partial charge on any atom is 0.323 e. The van der Waals surface area contributed by atoms with Crippen molar-refractivity contribution in [3.63, 3.8) is 0 Å². The van der Waals surface area contributed by atoms with E-state index in [0.717, 1.165) is 11.4 Å². The van der Waals surface area contributed by atoms with Crippen molar-refractivity contribution in [2.24, 2.45) is 0 Å². The van der Waals surface area contributed by atoms with Gasteiger partial charge in [0.25, 0.3) is 0 Å². The van der Waals surface area contributed by atoms with Crippen LogP contribution in [0.5, 0.6) is 0 Å². The number of nitrogens with zero attached hydrogens (tertiary/aromatic N) is 2. The monoisotopic (exact) mass is 256 g/mol. The molecule has 0 atom stereocenters. The standard InChI is InChI=1S/C11H16N2O3S/c1-3-4-13(6-11(15)16)10(14)5-9-7-17-8(2)12-9/h7H,3-6H2,1-2H3,(H,15,16). The largest absolute Gasteiger partial charge is 0.480 e. The van der Waals surface area contributed by atoms with Gasteiger partial charge in [-0.15, -0.1) is 11.3 Å². The lowest BCUT2D eigenvalue weighted by molar-refractivity contribution is -0.144. The predicted molar refractivity (Wildman–Crippen MR) is 65.1 cm³/mol. The Morgan fingerprint density at radius 1 is 1.53 bits per heavy atom. The van der Waals surface area contributed by atoms with Crippen molar-refractivity contribution in [2.75, 3.05) is 13.1 Å². The summed E-state index contributed by atoms with van der Waals surface area (Å²) in [5, 5.41) is 11.5. The number of carboxylic acid groups (broad SMARTS) is 1. The Balaban J connectivity index is 2.61. The van der Waals surface area contributed by atoms with E-state index < -0.39 is 5.97 Å². The number of amides is 1. The predicted octanol–water partition coefficient (Wildman–Crippen LogP) is 1.32. The Labute approximate surface area is 104 Å². The van der Waals surface area contributed by atoms with E-state index in [4.69, 9.17) is 5.11 Å². The highest BCUT2D eigenvalue weighted by atomic mass is 32.1. The number of hydrogen-bond donors (Lipinski definition) is 1. The van der Waals surface area contributed by atoms with Gasteiger partial charge in [0.15, 0.2) is 0 Å². The summed E-state index contributed by atoms with van der Waals surface area (Å²) in [6, 6.07) is 0. The zero-order valence-electron chi connectivity index (χ0n) is 9.97. The maximum atomic E-state index is 11.9. The van der Waals surface area contributed by atoms with Crippen LogP contribution < -0.4 is 0 Å². The van der Waals surface area contributed by atoms with E-state index in [1.165, 1.54) is 16.2 Å². The number of carbonyl (C=O) groups excluding carboxylic acids is 1. The Kier molecular flexibility index (Phi) is 5.09. The molecule has 1 aromatic heterocycles. The number of carbonyl (C=O) groups is 2. The number of carboxylic acids is 1. The van der Waals surface area contributed by atoms with Crippen LogP contribution in [0.3, 0.4) is 0 Å². The fraction of sp³-hybridized carbons (Fsp3) is 0.545. The van der Waals surface area contributed by atoms with E-state index in [2.05, 4.69) is 4.98 Å². The van der Waals surface area contributed by atoms with Crippen LogP contribution >= 0.6 is 11.3 Å². The highest BCUT2D eigenvalue weighted by Gasteiger charge is 2.17. The summed E-state index contributed by atoms with van der Waals surface area (Å²) in [6.45, 7) is 4.01. The van der Waals surface area contributed by atoms with E-state index in [-0.39, 0.29) is 18.9 Å². The molecule has 0 aliphatic heterocycles. The minimum absolute atomic E-state index is 0.178. The molecule has 1 aromatic rings. The molecule has 1 N–H and O–H groups in total. The molecule has 0 aliphatic carbocycles. The quantitative estimate of drug-likeness (QED) is 0.833. The lowest BCUT2D eigenvalue weighted by atomic mass is 10.3. The van der Waals surface area contributed by atoms with Crippen LogP contribution in [-0.4, -0.2) is 40.0 Å². The molecule has 94 valence electrons. The van der Waals surface area contributed by atoms with Gasteiger partial charge in [0, 0.05) is 11.9 Å².